The summed E-state index contributed by atoms with van der Waals surface area (Å²) >= 11 is 0. The van der Waals surface area contributed by atoms with Crippen molar-refractivity contribution in [2.75, 3.05) is 31.1 Å². The molecule has 0 radical (unpaired) electrons. The Balaban J connectivity index is 1.53. The highest BCUT2D eigenvalue weighted by molar-refractivity contribution is 5.80. The van der Waals surface area contributed by atoms with E-state index in [0.717, 1.165) is 13.1 Å². The Kier molecular flexibility index (Phi) is 6.45. The number of aryl methyl sites for hydroxylation is 1. The number of carbonyl (C=O) groups is 3. The molecule has 2 fully saturated rings. The molecule has 2 aliphatic rings. The minimum Gasteiger partial charge on any atom is -0.481 e. The molecule has 0 bridgehead atoms. The third-order valence-corrected chi connectivity index (χ3v) is 6.42. The van der Waals surface area contributed by atoms with Crippen molar-refractivity contribution in [2.24, 2.45) is 0 Å². The van der Waals surface area contributed by atoms with Crippen molar-refractivity contribution in [1.29, 1.82) is 0 Å². The van der Waals surface area contributed by atoms with Gasteiger partial charge in [-0.2, -0.15) is 0 Å². The van der Waals surface area contributed by atoms with Crippen molar-refractivity contribution < 1.29 is 19.5 Å². The number of benzene rings is 1. The lowest BCUT2D eigenvalue weighted by Crippen LogP contribution is -2.50. The summed E-state index contributed by atoms with van der Waals surface area (Å²) in [7, 11) is 0. The Morgan fingerprint density at radius 1 is 1.10 bits per heavy atom. The lowest BCUT2D eigenvalue weighted by molar-refractivity contribution is -0.137. The highest BCUT2D eigenvalue weighted by atomic mass is 16.4. The molecule has 7 nitrogen and oxygen atoms in total. The molecule has 0 aromatic heterocycles. The molecule has 2 N–H and O–H groups in total. The smallest absolute Gasteiger partial charge is 0.303 e. The second kappa shape index (κ2) is 8.84. The van der Waals surface area contributed by atoms with Gasteiger partial charge in [0, 0.05) is 56.7 Å². The van der Waals surface area contributed by atoms with Crippen molar-refractivity contribution in [2.45, 2.75) is 57.9 Å². The molecular weight excluding hydrogens is 370 g/mol. The van der Waals surface area contributed by atoms with Crippen LogP contribution in [0.1, 0.15) is 49.7 Å². The SMILES string of the molecule is Cc1cccc(N2CCN(C(=O)CC[C@@]3(CCC(=O)O)CCC(=O)N3)CC2)c1C. The Hall–Kier alpha value is -2.57. The van der Waals surface area contributed by atoms with E-state index in [-0.39, 0.29) is 18.2 Å². The number of carboxylic acid groups (broad SMARTS) is 1. The zero-order valence-electron chi connectivity index (χ0n) is 17.4. The number of carbonyl (C=O) groups excluding carboxylic acids is 2. The van der Waals surface area contributed by atoms with E-state index in [1.165, 1.54) is 16.8 Å². The molecule has 2 amide bonds. The van der Waals surface area contributed by atoms with Gasteiger partial charge in [-0.05, 0) is 50.3 Å². The van der Waals surface area contributed by atoms with Crippen LogP contribution in [0.5, 0.6) is 0 Å². The van der Waals surface area contributed by atoms with E-state index in [9.17, 15) is 14.4 Å². The van der Waals surface area contributed by atoms with Gasteiger partial charge in [0.2, 0.25) is 11.8 Å². The van der Waals surface area contributed by atoms with Crippen LogP contribution in [0.25, 0.3) is 0 Å². The van der Waals surface area contributed by atoms with Crippen molar-refractivity contribution >= 4 is 23.5 Å². The molecule has 29 heavy (non-hydrogen) atoms. The van der Waals surface area contributed by atoms with Gasteiger partial charge in [0.15, 0.2) is 0 Å². The number of hydrogen-bond donors (Lipinski definition) is 2. The third kappa shape index (κ3) is 5.08. The second-order valence-corrected chi connectivity index (χ2v) is 8.31. The minimum atomic E-state index is -0.876. The molecule has 0 saturated carbocycles. The molecular formula is C22H31N3O4. The topological polar surface area (TPSA) is 90.0 Å². The van der Waals surface area contributed by atoms with Gasteiger partial charge in [0.05, 0.1) is 0 Å². The van der Waals surface area contributed by atoms with Crippen molar-refractivity contribution in [3.8, 4) is 0 Å². The number of carboxylic acids is 1. The quantitative estimate of drug-likeness (QED) is 0.731. The van der Waals surface area contributed by atoms with Crippen molar-refractivity contribution in [1.82, 2.24) is 10.2 Å². The van der Waals surface area contributed by atoms with Gasteiger partial charge in [-0.15, -0.1) is 0 Å². The lowest BCUT2D eigenvalue weighted by Gasteiger charge is -2.37. The molecule has 7 heteroatoms. The Labute approximate surface area is 172 Å². The number of hydrogen-bond acceptors (Lipinski definition) is 4. The van der Waals surface area contributed by atoms with Crippen LogP contribution in [0.3, 0.4) is 0 Å². The molecule has 2 aliphatic heterocycles. The van der Waals surface area contributed by atoms with Crippen LogP contribution in [0.15, 0.2) is 18.2 Å². The molecule has 1 aromatic carbocycles. The molecule has 1 aromatic rings. The predicted octanol–water partition coefficient (Wildman–Crippen LogP) is 2.25. The zero-order chi connectivity index (χ0) is 21.0. The number of nitrogens with zero attached hydrogens (tertiary/aromatic N) is 2. The summed E-state index contributed by atoms with van der Waals surface area (Å²) in [5, 5.41) is 11.9. The maximum Gasteiger partial charge on any atom is 0.303 e. The van der Waals surface area contributed by atoms with Gasteiger partial charge in [-0.3, -0.25) is 14.4 Å². The van der Waals surface area contributed by atoms with Gasteiger partial charge in [0.1, 0.15) is 0 Å². The highest BCUT2D eigenvalue weighted by Crippen LogP contribution is 2.31. The van der Waals surface area contributed by atoms with Crippen molar-refractivity contribution in [3.63, 3.8) is 0 Å². The van der Waals surface area contributed by atoms with Crippen LogP contribution in [-0.2, 0) is 14.4 Å². The summed E-state index contributed by atoms with van der Waals surface area (Å²) in [5.41, 5.74) is 3.24. The number of aliphatic carboxylic acids is 1. The molecule has 158 valence electrons. The first-order valence-electron chi connectivity index (χ1n) is 10.4. The fourth-order valence-electron chi connectivity index (χ4n) is 4.40. The minimum absolute atomic E-state index is 0.00296. The summed E-state index contributed by atoms with van der Waals surface area (Å²) < 4.78 is 0. The summed E-state index contributed by atoms with van der Waals surface area (Å²) in [6, 6.07) is 6.32. The van der Waals surface area contributed by atoms with E-state index < -0.39 is 11.5 Å². The van der Waals surface area contributed by atoms with E-state index in [4.69, 9.17) is 5.11 Å². The van der Waals surface area contributed by atoms with Crippen LogP contribution in [0, 0.1) is 13.8 Å². The molecule has 1 atom stereocenters. The number of amides is 2. The van der Waals surface area contributed by atoms with Crippen LogP contribution < -0.4 is 10.2 Å². The van der Waals surface area contributed by atoms with Crippen LogP contribution >= 0.6 is 0 Å². The molecule has 3 rings (SSSR count). The summed E-state index contributed by atoms with van der Waals surface area (Å²) in [4.78, 5) is 39.7. The van der Waals surface area contributed by atoms with Crippen LogP contribution in [0.4, 0.5) is 5.69 Å². The maximum absolute atomic E-state index is 12.8. The highest BCUT2D eigenvalue weighted by Gasteiger charge is 2.38. The van der Waals surface area contributed by atoms with Gasteiger partial charge in [0.25, 0.3) is 0 Å². The van der Waals surface area contributed by atoms with Crippen LogP contribution in [-0.4, -0.2) is 59.5 Å². The Morgan fingerprint density at radius 2 is 1.79 bits per heavy atom. The third-order valence-electron chi connectivity index (χ3n) is 6.42. The van der Waals surface area contributed by atoms with Crippen molar-refractivity contribution in [3.05, 3.63) is 29.3 Å². The lowest BCUT2D eigenvalue weighted by atomic mass is 9.86. The molecule has 0 spiro atoms. The first-order valence-corrected chi connectivity index (χ1v) is 10.4. The van der Waals surface area contributed by atoms with E-state index in [1.54, 1.807) is 0 Å². The van der Waals surface area contributed by atoms with E-state index in [2.05, 4.69) is 42.3 Å². The maximum atomic E-state index is 12.8. The fourth-order valence-corrected chi connectivity index (χ4v) is 4.40. The van der Waals surface area contributed by atoms with Gasteiger partial charge in [-0.25, -0.2) is 0 Å². The average Bonchev–Trinajstić information content (AvgIpc) is 3.08. The molecule has 2 heterocycles. The molecule has 0 aliphatic carbocycles. The Bertz CT molecular complexity index is 786. The molecule has 0 unspecified atom stereocenters. The predicted molar refractivity (Wildman–Crippen MR) is 111 cm³/mol. The van der Waals surface area contributed by atoms with Gasteiger partial charge >= 0.3 is 5.97 Å². The summed E-state index contributed by atoms with van der Waals surface area (Å²) in [5.74, 6) is -0.842. The average molecular weight is 402 g/mol. The first-order chi connectivity index (χ1) is 13.8. The number of rotatable bonds is 7. The number of piperazine rings is 1. The standard InChI is InChI=1S/C22H31N3O4/c1-16-4-3-5-18(17(16)2)24-12-14-25(15-13-24)20(27)7-10-22(11-8-21(28)29)9-6-19(26)23-22/h3-5H,6-15H2,1-2H3,(H,23,26)(H,28,29)/t22-/m1/s1. The van der Waals surface area contributed by atoms with E-state index in [0.29, 0.717) is 45.2 Å². The number of anilines is 1. The number of nitrogens with one attached hydrogen (secondary N) is 1. The first kappa shape index (κ1) is 21.1. The summed E-state index contributed by atoms with van der Waals surface area (Å²) in [6.45, 7) is 7.21. The Morgan fingerprint density at radius 3 is 2.41 bits per heavy atom. The second-order valence-electron chi connectivity index (χ2n) is 8.31. The molecule has 2 saturated heterocycles. The zero-order valence-corrected chi connectivity index (χ0v) is 17.4. The van der Waals surface area contributed by atoms with E-state index >= 15 is 0 Å². The van der Waals surface area contributed by atoms with Crippen LogP contribution in [0.2, 0.25) is 0 Å². The van der Waals surface area contributed by atoms with E-state index in [1.807, 2.05) is 4.90 Å². The monoisotopic (exact) mass is 401 g/mol. The summed E-state index contributed by atoms with van der Waals surface area (Å²) in [6.07, 6.45) is 2.23. The van der Waals surface area contributed by atoms with Gasteiger partial charge in [-0.1, -0.05) is 12.1 Å². The normalized spacial score (nSPS) is 21.9. The largest absolute Gasteiger partial charge is 0.481 e. The fraction of sp³-hybridized carbons (Fsp3) is 0.591. The van der Waals surface area contributed by atoms with Gasteiger partial charge < -0.3 is 20.2 Å².